The number of nitrogens with one attached hydrogen (secondary N) is 2. The topological polar surface area (TPSA) is 182 Å². The fraction of sp³-hybridized carbons (Fsp3) is 0.550. The van der Waals surface area contributed by atoms with Crippen LogP contribution in [0, 0.1) is 0 Å². The van der Waals surface area contributed by atoms with E-state index in [1.807, 2.05) is 6.92 Å². The first-order valence-electron chi connectivity index (χ1n) is 11.0. The number of ether oxygens (including phenoxy) is 2. The molecule has 0 radical (unpaired) electrons. The third-order valence-corrected chi connectivity index (χ3v) is 5.86. The molecule has 1 amide bonds. The molecule has 0 spiro atoms. The molecule has 182 valence electrons. The summed E-state index contributed by atoms with van der Waals surface area (Å²) >= 11 is 0. The van der Waals surface area contributed by atoms with Crippen molar-refractivity contribution in [3.8, 4) is 5.95 Å². The molecule has 14 nitrogen and oxygen atoms in total. The number of amides is 1. The second-order valence-corrected chi connectivity index (χ2v) is 8.16. The van der Waals surface area contributed by atoms with Gasteiger partial charge in [-0.1, -0.05) is 0 Å². The van der Waals surface area contributed by atoms with Crippen molar-refractivity contribution in [3.63, 3.8) is 0 Å². The Labute approximate surface area is 193 Å². The van der Waals surface area contributed by atoms with Gasteiger partial charge in [0.05, 0.1) is 37.3 Å². The average molecular weight is 474 g/mol. The molecule has 2 aliphatic heterocycles. The fourth-order valence-electron chi connectivity index (χ4n) is 4.06. The quantitative estimate of drug-likeness (QED) is 0.271. The van der Waals surface area contributed by atoms with Gasteiger partial charge in [0.1, 0.15) is 18.3 Å². The van der Waals surface area contributed by atoms with Crippen molar-refractivity contribution >= 4 is 22.9 Å². The molecule has 3 aromatic rings. The van der Waals surface area contributed by atoms with E-state index in [9.17, 15) is 20.1 Å². The van der Waals surface area contributed by atoms with Crippen LogP contribution in [0.25, 0.3) is 17.1 Å². The Morgan fingerprint density at radius 2 is 2.15 bits per heavy atom. The van der Waals surface area contributed by atoms with E-state index in [4.69, 9.17) is 9.47 Å². The van der Waals surface area contributed by atoms with E-state index in [-0.39, 0.29) is 17.9 Å². The second-order valence-electron chi connectivity index (χ2n) is 8.16. The van der Waals surface area contributed by atoms with Gasteiger partial charge in [0.15, 0.2) is 23.2 Å². The summed E-state index contributed by atoms with van der Waals surface area (Å²) in [4.78, 5) is 25.7. The molecule has 1 unspecified atom stereocenters. The third kappa shape index (κ3) is 3.99. The smallest absolute Gasteiger partial charge is 0.254 e. The Kier molecular flexibility index (Phi) is 6.14. The molecule has 2 fully saturated rings. The van der Waals surface area contributed by atoms with Crippen LogP contribution in [0.15, 0.2) is 18.7 Å². The predicted molar refractivity (Wildman–Crippen MR) is 116 cm³/mol. The molecule has 0 aromatic carbocycles. The van der Waals surface area contributed by atoms with E-state index in [1.165, 1.54) is 28.0 Å². The maximum absolute atomic E-state index is 12.2. The van der Waals surface area contributed by atoms with Gasteiger partial charge in [0, 0.05) is 19.3 Å². The number of rotatable bonds is 7. The minimum Gasteiger partial charge on any atom is -0.394 e. The lowest BCUT2D eigenvalue weighted by Crippen LogP contribution is -2.33. The van der Waals surface area contributed by atoms with Crippen molar-refractivity contribution in [3.05, 3.63) is 24.3 Å². The molecule has 5 atom stereocenters. The van der Waals surface area contributed by atoms with E-state index in [0.717, 1.165) is 6.42 Å². The molecule has 34 heavy (non-hydrogen) atoms. The van der Waals surface area contributed by atoms with Crippen LogP contribution in [0.2, 0.25) is 0 Å². The van der Waals surface area contributed by atoms with E-state index in [2.05, 4.69) is 30.7 Å². The zero-order valence-electron chi connectivity index (χ0n) is 18.4. The molecular formula is C20H26N8O6. The Hall–Kier alpha value is -3.17. The number of anilines is 1. The van der Waals surface area contributed by atoms with Crippen molar-refractivity contribution in [2.75, 3.05) is 31.7 Å². The lowest BCUT2D eigenvalue weighted by Gasteiger charge is -2.17. The molecule has 0 bridgehead atoms. The van der Waals surface area contributed by atoms with Crippen LogP contribution in [0.4, 0.5) is 5.82 Å². The Bertz CT molecular complexity index is 1180. The highest BCUT2D eigenvalue weighted by Crippen LogP contribution is 2.33. The van der Waals surface area contributed by atoms with Gasteiger partial charge >= 0.3 is 0 Å². The summed E-state index contributed by atoms with van der Waals surface area (Å²) < 4.78 is 14.0. The number of aromatic nitrogens is 6. The van der Waals surface area contributed by atoms with Crippen molar-refractivity contribution in [1.82, 2.24) is 34.6 Å². The van der Waals surface area contributed by atoms with Crippen molar-refractivity contribution in [1.29, 1.82) is 0 Å². The first-order valence-corrected chi connectivity index (χ1v) is 11.0. The molecule has 3 aromatic heterocycles. The van der Waals surface area contributed by atoms with Gasteiger partial charge < -0.3 is 35.4 Å². The Balaban J connectivity index is 1.57. The number of hydrogen-bond acceptors (Lipinski definition) is 11. The van der Waals surface area contributed by atoms with E-state index in [0.29, 0.717) is 42.3 Å². The lowest BCUT2D eigenvalue weighted by atomic mass is 10.1. The van der Waals surface area contributed by atoms with Crippen LogP contribution < -0.4 is 10.6 Å². The predicted octanol–water partition coefficient (Wildman–Crippen LogP) is -1.43. The highest BCUT2D eigenvalue weighted by molar-refractivity contribution is 5.93. The van der Waals surface area contributed by atoms with Crippen molar-refractivity contribution in [2.24, 2.45) is 0 Å². The molecule has 5 heterocycles. The minimum absolute atomic E-state index is 0.0218. The molecular weight excluding hydrogens is 448 g/mol. The zero-order chi connectivity index (χ0) is 23.8. The summed E-state index contributed by atoms with van der Waals surface area (Å²) in [6.07, 6.45) is 0.614. The van der Waals surface area contributed by atoms with Gasteiger partial charge in [0.25, 0.3) is 11.9 Å². The lowest BCUT2D eigenvalue weighted by molar-refractivity contribution is -0.0511. The van der Waals surface area contributed by atoms with Gasteiger partial charge in [0.2, 0.25) is 0 Å². The third-order valence-electron chi connectivity index (χ3n) is 5.86. The zero-order valence-corrected chi connectivity index (χ0v) is 18.4. The number of hydrogen-bond donors (Lipinski definition) is 5. The molecule has 2 saturated heterocycles. The number of imidazole rings is 1. The number of nitrogens with zero attached hydrogens (tertiary/aromatic N) is 6. The van der Waals surface area contributed by atoms with Gasteiger partial charge in [-0.25, -0.2) is 9.67 Å². The van der Waals surface area contributed by atoms with Crippen LogP contribution in [0.5, 0.6) is 0 Å². The summed E-state index contributed by atoms with van der Waals surface area (Å²) in [7, 11) is 0. The number of carbonyl (C=O) groups excluding carboxylic acids is 1. The highest BCUT2D eigenvalue weighted by Gasteiger charge is 2.44. The monoisotopic (exact) mass is 474 g/mol. The van der Waals surface area contributed by atoms with Crippen molar-refractivity contribution < 1.29 is 29.6 Å². The largest absolute Gasteiger partial charge is 0.394 e. The Morgan fingerprint density at radius 3 is 2.85 bits per heavy atom. The molecule has 0 aliphatic carbocycles. The summed E-state index contributed by atoms with van der Waals surface area (Å²) in [5.41, 5.74) is 1.09. The molecule has 2 aliphatic rings. The Morgan fingerprint density at radius 1 is 1.29 bits per heavy atom. The van der Waals surface area contributed by atoms with Gasteiger partial charge in [-0.3, -0.25) is 9.36 Å². The van der Waals surface area contributed by atoms with Gasteiger partial charge in [-0.15, -0.1) is 0 Å². The average Bonchev–Trinajstić information content (AvgIpc) is 3.62. The number of fused-ring (bicyclic) bond motifs is 1. The standard InChI is InChI=1S/C20H26N8O6/c1-2-21-18(32)10-5-23-28(6-10)20-25-16(24-11-3-4-33-8-11)13-17(26-20)27(9-22-13)19-15(31)14(30)12(7-29)34-19/h5-6,9,11-12,14-15,19,29-31H,2-4,7-8H2,1H3,(H,21,32)(H,24,25,26)/t11?,12-,14-,15-,19-/m1/s1. The molecule has 5 N–H and O–H groups in total. The maximum atomic E-state index is 12.2. The molecule has 0 saturated carbocycles. The first kappa shape index (κ1) is 22.6. The van der Waals surface area contributed by atoms with Crippen LogP contribution in [-0.4, -0.2) is 101 Å². The second kappa shape index (κ2) is 9.23. The fourth-order valence-corrected chi connectivity index (χ4v) is 4.06. The normalized spacial score (nSPS) is 26.9. The summed E-state index contributed by atoms with van der Waals surface area (Å²) in [5, 5.41) is 40.4. The van der Waals surface area contributed by atoms with Crippen molar-refractivity contribution in [2.45, 2.75) is 43.9 Å². The number of aliphatic hydroxyl groups is 3. The van der Waals surface area contributed by atoms with E-state index < -0.39 is 31.1 Å². The SMILES string of the molecule is CCNC(=O)c1cnn(-c2nc(NC3CCOC3)c3ncn([C@@H]4O[C@H](CO)[C@@H](O)[C@H]4O)c3n2)c1. The van der Waals surface area contributed by atoms with E-state index >= 15 is 0 Å². The molecule has 14 heteroatoms. The summed E-state index contributed by atoms with van der Waals surface area (Å²) in [6, 6.07) is 0.0218. The minimum atomic E-state index is -1.30. The maximum Gasteiger partial charge on any atom is 0.254 e. The highest BCUT2D eigenvalue weighted by atomic mass is 16.6. The summed E-state index contributed by atoms with van der Waals surface area (Å²) in [6.45, 7) is 2.99. The van der Waals surface area contributed by atoms with Crippen LogP contribution in [-0.2, 0) is 9.47 Å². The van der Waals surface area contributed by atoms with E-state index in [1.54, 1.807) is 0 Å². The van der Waals surface area contributed by atoms with Gasteiger partial charge in [-0.2, -0.15) is 15.1 Å². The first-order chi connectivity index (χ1) is 16.5. The van der Waals surface area contributed by atoms with Crippen LogP contribution in [0.1, 0.15) is 29.9 Å². The molecule has 5 rings (SSSR count). The summed E-state index contributed by atoms with van der Waals surface area (Å²) in [5.74, 6) is 0.321. The number of carbonyl (C=O) groups is 1. The number of aliphatic hydroxyl groups excluding tert-OH is 3. The van der Waals surface area contributed by atoms with Crippen LogP contribution >= 0.6 is 0 Å². The van der Waals surface area contributed by atoms with Crippen LogP contribution in [0.3, 0.4) is 0 Å². The van der Waals surface area contributed by atoms with Gasteiger partial charge in [-0.05, 0) is 13.3 Å².